The number of hydrogen-bond donors (Lipinski definition) is 2. The quantitative estimate of drug-likeness (QED) is 0.798. The largest absolute Gasteiger partial charge is 0.453 e. The standard InChI is InChI=1S/C15H14N4O4S/c20-11-5-4-8(18-19-11)15(22)23-6-10-16-13(21)12-7-2-1-3-9(7)24-14(12)17-10/h1-6H2,(H,19,20)(H,16,17,21). The topological polar surface area (TPSA) is 114 Å². The molecule has 0 aromatic carbocycles. The zero-order valence-electron chi connectivity index (χ0n) is 12.7. The van der Waals surface area contributed by atoms with Gasteiger partial charge >= 0.3 is 5.97 Å². The van der Waals surface area contributed by atoms with E-state index in [0.29, 0.717) is 16.0 Å². The number of H-pyrrole nitrogens is 1. The summed E-state index contributed by atoms with van der Waals surface area (Å²) < 4.78 is 5.14. The summed E-state index contributed by atoms with van der Waals surface area (Å²) in [5.41, 5.74) is 3.33. The van der Waals surface area contributed by atoms with Gasteiger partial charge in [-0.2, -0.15) is 5.10 Å². The van der Waals surface area contributed by atoms with Crippen LogP contribution in [0.25, 0.3) is 10.2 Å². The van der Waals surface area contributed by atoms with Crippen LogP contribution in [-0.4, -0.2) is 27.6 Å². The van der Waals surface area contributed by atoms with E-state index in [1.54, 1.807) is 0 Å². The predicted molar refractivity (Wildman–Crippen MR) is 86.9 cm³/mol. The summed E-state index contributed by atoms with van der Waals surface area (Å²) >= 11 is 1.53. The van der Waals surface area contributed by atoms with E-state index in [0.717, 1.165) is 24.8 Å². The number of hydrazone groups is 1. The molecule has 0 saturated heterocycles. The maximum atomic E-state index is 12.3. The SMILES string of the molecule is O=C1CCC(C(=O)OCc2nc3sc4c(c3c(=O)[nH]2)CCC4)=NN1. The molecule has 9 heteroatoms. The molecule has 0 spiro atoms. The molecule has 2 aliphatic rings. The van der Waals surface area contributed by atoms with Crippen molar-refractivity contribution in [1.29, 1.82) is 0 Å². The molecule has 24 heavy (non-hydrogen) atoms. The number of amides is 1. The third-order valence-corrected chi connectivity index (χ3v) is 5.29. The molecule has 3 heterocycles. The van der Waals surface area contributed by atoms with Crippen LogP contribution in [0.15, 0.2) is 9.90 Å². The lowest BCUT2D eigenvalue weighted by atomic mass is 10.2. The van der Waals surface area contributed by atoms with Crippen molar-refractivity contribution in [2.75, 3.05) is 0 Å². The molecule has 0 saturated carbocycles. The van der Waals surface area contributed by atoms with Crippen molar-refractivity contribution in [3.63, 3.8) is 0 Å². The van der Waals surface area contributed by atoms with Crippen LogP contribution in [0.4, 0.5) is 0 Å². The van der Waals surface area contributed by atoms with Gasteiger partial charge in [0, 0.05) is 17.7 Å². The number of esters is 1. The van der Waals surface area contributed by atoms with Crippen molar-refractivity contribution in [3.05, 3.63) is 26.6 Å². The number of nitrogens with zero attached hydrogens (tertiary/aromatic N) is 2. The first-order chi connectivity index (χ1) is 11.6. The number of hydrogen-bond acceptors (Lipinski definition) is 7. The highest BCUT2D eigenvalue weighted by molar-refractivity contribution is 7.18. The Morgan fingerprint density at radius 2 is 2.08 bits per heavy atom. The smallest absolute Gasteiger partial charge is 0.354 e. The maximum absolute atomic E-state index is 12.3. The Hall–Kier alpha value is -2.55. The Bertz CT molecular complexity index is 943. The Morgan fingerprint density at radius 3 is 2.88 bits per heavy atom. The second kappa shape index (κ2) is 5.82. The number of carbonyl (C=O) groups is 2. The van der Waals surface area contributed by atoms with E-state index in [1.165, 1.54) is 16.2 Å². The summed E-state index contributed by atoms with van der Waals surface area (Å²) in [6.07, 6.45) is 3.43. The average molecular weight is 346 g/mol. The van der Waals surface area contributed by atoms with Crippen LogP contribution in [0.3, 0.4) is 0 Å². The van der Waals surface area contributed by atoms with Crippen molar-refractivity contribution in [2.24, 2.45) is 5.10 Å². The molecular weight excluding hydrogens is 332 g/mol. The zero-order chi connectivity index (χ0) is 16.7. The summed E-state index contributed by atoms with van der Waals surface area (Å²) in [5, 5.41) is 4.34. The highest BCUT2D eigenvalue weighted by Crippen LogP contribution is 2.34. The average Bonchev–Trinajstić information content (AvgIpc) is 3.13. The minimum Gasteiger partial charge on any atom is -0.453 e. The fourth-order valence-electron chi connectivity index (χ4n) is 2.95. The molecular formula is C15H14N4O4S. The van der Waals surface area contributed by atoms with Gasteiger partial charge in [0.25, 0.3) is 5.56 Å². The monoisotopic (exact) mass is 346 g/mol. The minimum absolute atomic E-state index is 0.139. The van der Waals surface area contributed by atoms with Crippen molar-refractivity contribution >= 4 is 39.1 Å². The van der Waals surface area contributed by atoms with Gasteiger partial charge in [-0.3, -0.25) is 9.59 Å². The third kappa shape index (κ3) is 2.60. The van der Waals surface area contributed by atoms with Gasteiger partial charge in [-0.15, -0.1) is 11.3 Å². The zero-order valence-corrected chi connectivity index (χ0v) is 13.5. The molecule has 4 rings (SSSR count). The van der Waals surface area contributed by atoms with Crippen LogP contribution in [0.1, 0.15) is 35.5 Å². The van der Waals surface area contributed by atoms with E-state index in [-0.39, 0.29) is 36.6 Å². The molecule has 2 N–H and O–H groups in total. The van der Waals surface area contributed by atoms with Crippen LogP contribution in [-0.2, 0) is 33.8 Å². The Balaban J connectivity index is 1.52. The van der Waals surface area contributed by atoms with Crippen LogP contribution in [0, 0.1) is 0 Å². The number of carbonyl (C=O) groups excluding carboxylic acids is 2. The first-order valence-electron chi connectivity index (χ1n) is 7.68. The number of aryl methyl sites for hydroxylation is 2. The van der Waals surface area contributed by atoms with Gasteiger partial charge in [0.15, 0.2) is 0 Å². The fourth-order valence-corrected chi connectivity index (χ4v) is 4.23. The molecule has 0 atom stereocenters. The van der Waals surface area contributed by atoms with E-state index in [1.807, 2.05) is 0 Å². The van der Waals surface area contributed by atoms with Crippen LogP contribution >= 0.6 is 11.3 Å². The van der Waals surface area contributed by atoms with E-state index in [2.05, 4.69) is 20.5 Å². The van der Waals surface area contributed by atoms with E-state index >= 15 is 0 Å². The molecule has 2 aromatic heterocycles. The van der Waals surface area contributed by atoms with Crippen molar-refractivity contribution in [1.82, 2.24) is 15.4 Å². The molecule has 0 fully saturated rings. The van der Waals surface area contributed by atoms with Crippen LogP contribution in [0.2, 0.25) is 0 Å². The normalized spacial score (nSPS) is 16.7. The number of rotatable bonds is 3. The van der Waals surface area contributed by atoms with Gasteiger partial charge in [-0.05, 0) is 24.8 Å². The van der Waals surface area contributed by atoms with Crippen molar-refractivity contribution in [2.45, 2.75) is 38.7 Å². The summed E-state index contributed by atoms with van der Waals surface area (Å²) in [6.45, 7) is -0.139. The Labute approximate surface area is 139 Å². The molecule has 0 radical (unpaired) electrons. The first-order valence-corrected chi connectivity index (χ1v) is 8.49. The molecule has 0 bridgehead atoms. The third-order valence-electron chi connectivity index (χ3n) is 4.10. The Kier molecular flexibility index (Phi) is 3.64. The highest BCUT2D eigenvalue weighted by Gasteiger charge is 2.22. The van der Waals surface area contributed by atoms with Gasteiger partial charge < -0.3 is 9.72 Å². The molecule has 1 aliphatic carbocycles. The number of aromatic nitrogens is 2. The Morgan fingerprint density at radius 1 is 1.21 bits per heavy atom. The van der Waals surface area contributed by atoms with Gasteiger partial charge in [-0.25, -0.2) is 15.2 Å². The molecule has 1 aliphatic heterocycles. The lowest BCUT2D eigenvalue weighted by Gasteiger charge is -2.11. The summed E-state index contributed by atoms with van der Waals surface area (Å²) in [4.78, 5) is 44.2. The summed E-state index contributed by atoms with van der Waals surface area (Å²) in [5.74, 6) is -0.540. The molecule has 8 nitrogen and oxygen atoms in total. The van der Waals surface area contributed by atoms with Gasteiger partial charge in [0.05, 0.1) is 5.39 Å². The van der Waals surface area contributed by atoms with Gasteiger partial charge in [0.2, 0.25) is 5.91 Å². The number of aromatic amines is 1. The second-order valence-electron chi connectivity index (χ2n) is 5.72. The van der Waals surface area contributed by atoms with E-state index in [9.17, 15) is 14.4 Å². The van der Waals surface area contributed by atoms with E-state index in [4.69, 9.17) is 4.74 Å². The van der Waals surface area contributed by atoms with Crippen LogP contribution in [0.5, 0.6) is 0 Å². The summed E-state index contributed by atoms with van der Waals surface area (Å²) in [7, 11) is 0. The second-order valence-corrected chi connectivity index (χ2v) is 6.80. The number of thiophene rings is 1. The molecule has 0 unspecified atom stereocenters. The number of nitrogens with one attached hydrogen (secondary N) is 2. The van der Waals surface area contributed by atoms with Crippen molar-refractivity contribution in [3.8, 4) is 0 Å². The minimum atomic E-state index is -0.619. The molecule has 1 amide bonds. The fraction of sp³-hybridized carbons (Fsp3) is 0.400. The van der Waals surface area contributed by atoms with Crippen LogP contribution < -0.4 is 11.0 Å². The summed E-state index contributed by atoms with van der Waals surface area (Å²) in [6, 6.07) is 0. The first kappa shape index (κ1) is 15.0. The lowest BCUT2D eigenvalue weighted by Crippen LogP contribution is -2.30. The lowest BCUT2D eigenvalue weighted by molar-refractivity contribution is -0.137. The van der Waals surface area contributed by atoms with Gasteiger partial charge in [0.1, 0.15) is 23.0 Å². The number of fused-ring (bicyclic) bond motifs is 3. The molecule has 124 valence electrons. The number of ether oxygens (including phenoxy) is 1. The van der Waals surface area contributed by atoms with E-state index < -0.39 is 5.97 Å². The maximum Gasteiger partial charge on any atom is 0.354 e. The molecule has 2 aromatic rings. The highest BCUT2D eigenvalue weighted by atomic mass is 32.1. The van der Waals surface area contributed by atoms with Gasteiger partial charge in [-0.1, -0.05) is 0 Å². The van der Waals surface area contributed by atoms with Crippen molar-refractivity contribution < 1.29 is 14.3 Å². The predicted octanol–water partition coefficient (Wildman–Crippen LogP) is 0.782.